The van der Waals surface area contributed by atoms with Crippen molar-refractivity contribution in [1.82, 2.24) is 0 Å². The molecule has 0 aromatic heterocycles. The Hall–Kier alpha value is -1.65. The van der Waals surface area contributed by atoms with Crippen molar-refractivity contribution in [2.24, 2.45) is 5.73 Å². The number of aryl methyl sites for hydroxylation is 2. The van der Waals surface area contributed by atoms with Crippen LogP contribution >= 0.6 is 0 Å². The average Bonchev–Trinajstić information content (AvgIpc) is 2.42. The van der Waals surface area contributed by atoms with E-state index in [1.807, 2.05) is 44.2 Å². The highest BCUT2D eigenvalue weighted by Crippen LogP contribution is 2.21. The molecule has 106 valence electrons. The molecule has 2 N–H and O–H groups in total. The maximum Gasteiger partial charge on any atom is 0.182 e. The smallest absolute Gasteiger partial charge is 0.182 e. The summed E-state index contributed by atoms with van der Waals surface area (Å²) in [6.45, 7) is 4.23. The van der Waals surface area contributed by atoms with Crippen LogP contribution in [0.5, 0.6) is 0 Å². The Morgan fingerprint density at radius 1 is 0.950 bits per heavy atom. The minimum atomic E-state index is -3.34. The van der Waals surface area contributed by atoms with Crippen LogP contribution in [0.3, 0.4) is 0 Å². The van der Waals surface area contributed by atoms with Gasteiger partial charge in [0.25, 0.3) is 0 Å². The molecule has 0 fully saturated rings. The molecule has 0 atom stereocenters. The van der Waals surface area contributed by atoms with Crippen LogP contribution in [0.2, 0.25) is 0 Å². The number of rotatable bonds is 4. The summed E-state index contributed by atoms with van der Waals surface area (Å²) in [6.07, 6.45) is 0. The Labute approximate surface area is 120 Å². The van der Waals surface area contributed by atoms with Crippen molar-refractivity contribution < 1.29 is 8.42 Å². The molecule has 0 bridgehead atoms. The highest BCUT2D eigenvalue weighted by atomic mass is 32.2. The molecule has 0 spiro atoms. The molecule has 0 radical (unpaired) electrons. The van der Waals surface area contributed by atoms with E-state index < -0.39 is 9.84 Å². The van der Waals surface area contributed by atoms with Gasteiger partial charge in [-0.2, -0.15) is 0 Å². The summed E-state index contributed by atoms with van der Waals surface area (Å²) in [6, 6.07) is 12.6. The Balaban J connectivity index is 2.38. The molecule has 2 aromatic rings. The molecule has 0 saturated carbocycles. The highest BCUT2D eigenvalue weighted by molar-refractivity contribution is 7.90. The van der Waals surface area contributed by atoms with Crippen LogP contribution in [-0.4, -0.2) is 8.42 Å². The van der Waals surface area contributed by atoms with Crippen molar-refractivity contribution in [2.75, 3.05) is 0 Å². The molecule has 0 aliphatic rings. The van der Waals surface area contributed by atoms with Crippen LogP contribution in [0.1, 0.15) is 22.3 Å². The number of nitrogens with two attached hydrogens (primary N) is 1. The normalized spacial score (nSPS) is 11.6. The second-order valence-corrected chi connectivity index (χ2v) is 6.97. The van der Waals surface area contributed by atoms with Crippen molar-refractivity contribution in [2.45, 2.75) is 31.0 Å². The second-order valence-electron chi connectivity index (χ2n) is 4.98. The van der Waals surface area contributed by atoms with Gasteiger partial charge in [0.15, 0.2) is 9.84 Å². The molecule has 0 amide bonds. The molecule has 4 heteroatoms. The second kappa shape index (κ2) is 5.77. The molecule has 0 heterocycles. The van der Waals surface area contributed by atoms with Crippen molar-refractivity contribution in [3.8, 4) is 0 Å². The zero-order valence-electron chi connectivity index (χ0n) is 11.8. The molecule has 2 aromatic carbocycles. The van der Waals surface area contributed by atoms with Gasteiger partial charge in [-0.3, -0.25) is 0 Å². The van der Waals surface area contributed by atoms with Gasteiger partial charge in [-0.05, 0) is 48.2 Å². The quantitative estimate of drug-likeness (QED) is 0.941. The fourth-order valence-corrected chi connectivity index (χ4v) is 3.58. The lowest BCUT2D eigenvalue weighted by molar-refractivity contribution is 0.595. The Morgan fingerprint density at radius 2 is 1.60 bits per heavy atom. The molecule has 3 nitrogen and oxygen atoms in total. The standard InChI is InChI=1S/C16H19NO2S/c1-12-7-8-16(9-13(12)2)20(18,19)11-15-6-4-3-5-14(15)10-17/h3-9H,10-11,17H2,1-2H3. The van der Waals surface area contributed by atoms with Crippen LogP contribution in [0.4, 0.5) is 0 Å². The van der Waals surface area contributed by atoms with Crippen LogP contribution < -0.4 is 5.73 Å². The first-order valence-electron chi connectivity index (χ1n) is 6.51. The number of hydrogen-bond donors (Lipinski definition) is 1. The van der Waals surface area contributed by atoms with Crippen LogP contribution in [-0.2, 0) is 22.1 Å². The molecule has 0 saturated heterocycles. The van der Waals surface area contributed by atoms with Gasteiger partial charge in [-0.15, -0.1) is 0 Å². The van der Waals surface area contributed by atoms with Crippen LogP contribution in [0.15, 0.2) is 47.4 Å². The maximum absolute atomic E-state index is 12.5. The third-order valence-corrected chi connectivity index (χ3v) is 5.18. The lowest BCUT2D eigenvalue weighted by atomic mass is 10.1. The summed E-state index contributed by atoms with van der Waals surface area (Å²) in [4.78, 5) is 0.368. The molecular formula is C16H19NO2S. The number of sulfone groups is 1. The first-order chi connectivity index (χ1) is 9.44. The lowest BCUT2D eigenvalue weighted by Crippen LogP contribution is -2.09. The molecule has 0 unspecified atom stereocenters. The Kier molecular flexibility index (Phi) is 4.26. The minimum absolute atomic E-state index is 0.0110. The van der Waals surface area contributed by atoms with Gasteiger partial charge in [0.05, 0.1) is 10.6 Å². The van der Waals surface area contributed by atoms with Crippen molar-refractivity contribution in [1.29, 1.82) is 0 Å². The topological polar surface area (TPSA) is 60.2 Å². The highest BCUT2D eigenvalue weighted by Gasteiger charge is 2.17. The molecule has 2 rings (SSSR count). The maximum atomic E-state index is 12.5. The van der Waals surface area contributed by atoms with E-state index >= 15 is 0 Å². The van der Waals surface area contributed by atoms with Gasteiger partial charge >= 0.3 is 0 Å². The first kappa shape index (κ1) is 14.8. The third-order valence-electron chi connectivity index (χ3n) is 3.52. The van der Waals surface area contributed by atoms with E-state index in [0.717, 1.165) is 22.3 Å². The summed E-state index contributed by atoms with van der Waals surface area (Å²) < 4.78 is 25.0. The van der Waals surface area contributed by atoms with Gasteiger partial charge < -0.3 is 5.73 Å². The van der Waals surface area contributed by atoms with E-state index in [9.17, 15) is 8.42 Å². The summed E-state index contributed by atoms with van der Waals surface area (Å²) in [7, 11) is -3.34. The lowest BCUT2D eigenvalue weighted by Gasteiger charge is -2.10. The van der Waals surface area contributed by atoms with Crippen molar-refractivity contribution in [3.63, 3.8) is 0 Å². The summed E-state index contributed by atoms with van der Waals surface area (Å²) in [5.41, 5.74) is 9.38. The molecule has 20 heavy (non-hydrogen) atoms. The van der Waals surface area contributed by atoms with Crippen molar-refractivity contribution >= 4 is 9.84 Å². The van der Waals surface area contributed by atoms with E-state index in [-0.39, 0.29) is 5.75 Å². The number of benzene rings is 2. The summed E-state index contributed by atoms with van der Waals surface area (Å²) in [5, 5.41) is 0. The van der Waals surface area contributed by atoms with Gasteiger partial charge in [-0.1, -0.05) is 30.3 Å². The van der Waals surface area contributed by atoms with Gasteiger partial charge in [0, 0.05) is 6.54 Å². The van der Waals surface area contributed by atoms with E-state index in [1.54, 1.807) is 12.1 Å². The Bertz CT molecular complexity index is 721. The van der Waals surface area contributed by atoms with Crippen LogP contribution in [0, 0.1) is 13.8 Å². The molecule has 0 aliphatic heterocycles. The largest absolute Gasteiger partial charge is 0.326 e. The fourth-order valence-electron chi connectivity index (χ4n) is 2.09. The molecular weight excluding hydrogens is 270 g/mol. The van der Waals surface area contributed by atoms with E-state index in [2.05, 4.69) is 0 Å². The third kappa shape index (κ3) is 3.08. The summed E-state index contributed by atoms with van der Waals surface area (Å²) >= 11 is 0. The van der Waals surface area contributed by atoms with E-state index in [4.69, 9.17) is 5.73 Å². The monoisotopic (exact) mass is 289 g/mol. The van der Waals surface area contributed by atoms with Crippen LogP contribution in [0.25, 0.3) is 0 Å². The summed E-state index contributed by atoms with van der Waals surface area (Å²) in [5.74, 6) is -0.0110. The predicted molar refractivity (Wildman–Crippen MR) is 81.1 cm³/mol. The first-order valence-corrected chi connectivity index (χ1v) is 8.16. The van der Waals surface area contributed by atoms with Crippen molar-refractivity contribution in [3.05, 3.63) is 64.7 Å². The predicted octanol–water partition coefficient (Wildman–Crippen LogP) is 2.74. The zero-order valence-corrected chi connectivity index (χ0v) is 12.6. The van der Waals surface area contributed by atoms with Gasteiger partial charge in [0.1, 0.15) is 0 Å². The Morgan fingerprint density at radius 3 is 2.20 bits per heavy atom. The minimum Gasteiger partial charge on any atom is -0.326 e. The van der Waals surface area contributed by atoms with Gasteiger partial charge in [0.2, 0.25) is 0 Å². The SMILES string of the molecule is Cc1ccc(S(=O)(=O)Cc2ccccc2CN)cc1C. The fraction of sp³-hybridized carbons (Fsp3) is 0.250. The van der Waals surface area contributed by atoms with E-state index in [0.29, 0.717) is 11.4 Å². The van der Waals surface area contributed by atoms with E-state index in [1.165, 1.54) is 0 Å². The van der Waals surface area contributed by atoms with Gasteiger partial charge in [-0.25, -0.2) is 8.42 Å². The molecule has 0 aliphatic carbocycles. The number of hydrogen-bond acceptors (Lipinski definition) is 3. The zero-order chi connectivity index (χ0) is 14.8. The average molecular weight is 289 g/mol.